The van der Waals surface area contributed by atoms with Gasteiger partial charge in [-0.3, -0.25) is 4.79 Å². The Morgan fingerprint density at radius 1 is 1.32 bits per heavy atom. The summed E-state index contributed by atoms with van der Waals surface area (Å²) in [6.45, 7) is 7.48. The number of carbonyl (C=O) groups is 1. The fraction of sp³-hybridized carbons (Fsp3) is 0.562. The summed E-state index contributed by atoms with van der Waals surface area (Å²) in [4.78, 5) is 12.1. The van der Waals surface area contributed by atoms with Crippen LogP contribution in [0.3, 0.4) is 0 Å². The fourth-order valence-corrected chi connectivity index (χ4v) is 2.34. The van der Waals surface area contributed by atoms with Crippen molar-refractivity contribution < 1.29 is 14.3 Å². The molecular weight excluding hydrogens is 240 g/mol. The number of benzene rings is 1. The van der Waals surface area contributed by atoms with E-state index in [4.69, 9.17) is 9.47 Å². The average molecular weight is 262 g/mol. The largest absolute Gasteiger partial charge is 0.465 e. The molecule has 0 aliphatic carbocycles. The first kappa shape index (κ1) is 14.1. The van der Waals surface area contributed by atoms with E-state index in [9.17, 15) is 4.79 Å². The van der Waals surface area contributed by atoms with E-state index in [1.807, 2.05) is 19.1 Å². The third-order valence-electron chi connectivity index (χ3n) is 4.01. The lowest BCUT2D eigenvalue weighted by Gasteiger charge is -2.39. The summed E-state index contributed by atoms with van der Waals surface area (Å²) in [6.07, 6.45) is 1.12. The molecule has 0 amide bonds. The van der Waals surface area contributed by atoms with Crippen molar-refractivity contribution in [2.45, 2.75) is 38.5 Å². The number of hydrogen-bond donors (Lipinski definition) is 0. The molecule has 0 radical (unpaired) electrons. The van der Waals surface area contributed by atoms with Crippen LogP contribution in [0, 0.1) is 0 Å². The molecule has 1 aromatic rings. The standard InChI is InChI=1S/C16H22O3/c1-4-12(3)13-6-8-14(9-7-13)16(10-18-11-16)15(17)19-5-2/h6-9,12H,4-5,10-11H2,1-3H3. The van der Waals surface area contributed by atoms with Gasteiger partial charge in [0.2, 0.25) is 0 Å². The highest BCUT2D eigenvalue weighted by Crippen LogP contribution is 2.34. The SMILES string of the molecule is CCOC(=O)C1(c2ccc(C(C)CC)cc2)COC1. The van der Waals surface area contributed by atoms with Crippen LogP contribution in [0.1, 0.15) is 44.2 Å². The lowest BCUT2D eigenvalue weighted by Crippen LogP contribution is -2.53. The van der Waals surface area contributed by atoms with Crippen molar-refractivity contribution in [2.24, 2.45) is 0 Å². The Hall–Kier alpha value is -1.35. The zero-order chi connectivity index (χ0) is 13.9. The summed E-state index contributed by atoms with van der Waals surface area (Å²) in [5.41, 5.74) is 1.74. The first-order valence-corrected chi connectivity index (χ1v) is 6.99. The summed E-state index contributed by atoms with van der Waals surface area (Å²) in [6, 6.07) is 8.31. The molecule has 3 nitrogen and oxygen atoms in total. The number of esters is 1. The molecule has 1 unspecified atom stereocenters. The van der Waals surface area contributed by atoms with Crippen LogP contribution in [0.5, 0.6) is 0 Å². The highest BCUT2D eigenvalue weighted by Gasteiger charge is 2.48. The van der Waals surface area contributed by atoms with Gasteiger partial charge in [0.05, 0.1) is 19.8 Å². The molecule has 2 rings (SSSR count). The van der Waals surface area contributed by atoms with E-state index in [2.05, 4.69) is 26.0 Å². The van der Waals surface area contributed by atoms with E-state index in [1.165, 1.54) is 5.56 Å². The fourth-order valence-electron chi connectivity index (χ4n) is 2.34. The Balaban J connectivity index is 2.22. The topological polar surface area (TPSA) is 35.5 Å². The molecule has 1 aliphatic rings. The smallest absolute Gasteiger partial charge is 0.321 e. The zero-order valence-corrected chi connectivity index (χ0v) is 11.9. The van der Waals surface area contributed by atoms with Gasteiger partial charge in [-0.2, -0.15) is 0 Å². The molecule has 3 heteroatoms. The summed E-state index contributed by atoms with van der Waals surface area (Å²) in [5.74, 6) is 0.378. The second kappa shape index (κ2) is 5.74. The molecule has 0 spiro atoms. The summed E-state index contributed by atoms with van der Waals surface area (Å²) in [5, 5.41) is 0. The van der Waals surface area contributed by atoms with Crippen LogP contribution in [0.25, 0.3) is 0 Å². The van der Waals surface area contributed by atoms with Gasteiger partial charge in [0.25, 0.3) is 0 Å². The first-order valence-electron chi connectivity index (χ1n) is 6.99. The second-order valence-corrected chi connectivity index (χ2v) is 5.23. The number of rotatable bonds is 5. The maximum atomic E-state index is 12.1. The minimum absolute atomic E-state index is 0.169. The molecule has 1 atom stereocenters. The predicted molar refractivity (Wildman–Crippen MR) is 74.3 cm³/mol. The van der Waals surface area contributed by atoms with Crippen molar-refractivity contribution in [1.29, 1.82) is 0 Å². The van der Waals surface area contributed by atoms with Crippen LogP contribution in [0.2, 0.25) is 0 Å². The lowest BCUT2D eigenvalue weighted by atomic mass is 9.78. The number of carbonyl (C=O) groups excluding carboxylic acids is 1. The van der Waals surface area contributed by atoms with Gasteiger partial charge in [-0.15, -0.1) is 0 Å². The number of ether oxygens (including phenoxy) is 2. The highest BCUT2D eigenvalue weighted by atomic mass is 16.6. The molecule has 1 aromatic carbocycles. The van der Waals surface area contributed by atoms with Crippen LogP contribution >= 0.6 is 0 Å². The van der Waals surface area contributed by atoms with Gasteiger partial charge in [-0.1, -0.05) is 38.1 Å². The minimum Gasteiger partial charge on any atom is -0.465 e. The average Bonchev–Trinajstić information content (AvgIpc) is 2.38. The van der Waals surface area contributed by atoms with E-state index in [0.29, 0.717) is 25.7 Å². The van der Waals surface area contributed by atoms with E-state index in [1.54, 1.807) is 0 Å². The molecule has 1 aliphatic heterocycles. The van der Waals surface area contributed by atoms with E-state index >= 15 is 0 Å². The van der Waals surface area contributed by atoms with Crippen molar-refractivity contribution in [3.63, 3.8) is 0 Å². The quantitative estimate of drug-likeness (QED) is 0.765. The van der Waals surface area contributed by atoms with Crippen LogP contribution in [0.4, 0.5) is 0 Å². The Kier molecular flexibility index (Phi) is 4.25. The van der Waals surface area contributed by atoms with Gasteiger partial charge in [0.15, 0.2) is 0 Å². The molecule has 0 saturated carbocycles. The Morgan fingerprint density at radius 3 is 2.37 bits per heavy atom. The summed E-state index contributed by atoms with van der Waals surface area (Å²) >= 11 is 0. The van der Waals surface area contributed by atoms with Crippen molar-refractivity contribution >= 4 is 5.97 Å². The van der Waals surface area contributed by atoms with E-state index in [0.717, 1.165) is 12.0 Å². The van der Waals surface area contributed by atoms with Crippen LogP contribution in [-0.4, -0.2) is 25.8 Å². The van der Waals surface area contributed by atoms with E-state index < -0.39 is 5.41 Å². The summed E-state index contributed by atoms with van der Waals surface area (Å²) in [7, 11) is 0. The van der Waals surface area contributed by atoms with Gasteiger partial charge < -0.3 is 9.47 Å². The monoisotopic (exact) mass is 262 g/mol. The molecular formula is C16H22O3. The lowest BCUT2D eigenvalue weighted by molar-refractivity contribution is -0.169. The minimum atomic E-state index is -0.579. The molecule has 19 heavy (non-hydrogen) atoms. The van der Waals surface area contributed by atoms with Crippen molar-refractivity contribution in [2.75, 3.05) is 19.8 Å². The normalized spacial score (nSPS) is 18.5. The van der Waals surface area contributed by atoms with Gasteiger partial charge in [-0.05, 0) is 30.4 Å². The number of hydrogen-bond acceptors (Lipinski definition) is 3. The zero-order valence-electron chi connectivity index (χ0n) is 11.9. The molecule has 1 saturated heterocycles. The maximum absolute atomic E-state index is 12.1. The van der Waals surface area contributed by atoms with Gasteiger partial charge in [0, 0.05) is 0 Å². The van der Waals surface area contributed by atoms with Gasteiger partial charge in [0.1, 0.15) is 5.41 Å². The Bertz CT molecular complexity index is 432. The van der Waals surface area contributed by atoms with Crippen molar-refractivity contribution in [3.05, 3.63) is 35.4 Å². The van der Waals surface area contributed by atoms with Crippen LogP contribution in [-0.2, 0) is 19.7 Å². The van der Waals surface area contributed by atoms with Gasteiger partial charge in [-0.25, -0.2) is 0 Å². The molecule has 0 bridgehead atoms. The summed E-state index contributed by atoms with van der Waals surface area (Å²) < 4.78 is 10.4. The second-order valence-electron chi connectivity index (χ2n) is 5.23. The molecule has 104 valence electrons. The third-order valence-corrected chi connectivity index (χ3v) is 4.01. The van der Waals surface area contributed by atoms with Gasteiger partial charge >= 0.3 is 5.97 Å². The van der Waals surface area contributed by atoms with Crippen LogP contribution < -0.4 is 0 Å². The highest BCUT2D eigenvalue weighted by molar-refractivity contribution is 5.84. The van der Waals surface area contributed by atoms with Crippen molar-refractivity contribution in [1.82, 2.24) is 0 Å². The van der Waals surface area contributed by atoms with E-state index in [-0.39, 0.29) is 5.97 Å². The van der Waals surface area contributed by atoms with Crippen molar-refractivity contribution in [3.8, 4) is 0 Å². The third kappa shape index (κ3) is 2.52. The Morgan fingerprint density at radius 2 is 1.95 bits per heavy atom. The first-order chi connectivity index (χ1) is 9.14. The molecule has 1 fully saturated rings. The molecule has 1 heterocycles. The molecule has 0 N–H and O–H groups in total. The maximum Gasteiger partial charge on any atom is 0.321 e. The Labute approximate surface area is 114 Å². The van der Waals surface area contributed by atoms with Crippen LogP contribution in [0.15, 0.2) is 24.3 Å². The predicted octanol–water partition coefficient (Wildman–Crippen LogP) is 3.03. The molecule has 0 aromatic heterocycles.